The lowest BCUT2D eigenvalue weighted by molar-refractivity contribution is -0.116. The molecule has 0 heterocycles. The third kappa shape index (κ3) is 4.99. The number of hydrogen-bond donors (Lipinski definition) is 2. The molecule has 1 aromatic carbocycles. The third-order valence-electron chi connectivity index (χ3n) is 2.74. The highest BCUT2D eigenvalue weighted by Crippen LogP contribution is 2.18. The lowest BCUT2D eigenvalue weighted by atomic mass is 10.2. The lowest BCUT2D eigenvalue weighted by Crippen LogP contribution is -2.35. The van der Waals surface area contributed by atoms with E-state index in [9.17, 15) is 13.2 Å². The molecule has 1 rings (SSSR count). The summed E-state index contributed by atoms with van der Waals surface area (Å²) in [6, 6.07) is 5.16. The van der Waals surface area contributed by atoms with Gasteiger partial charge in [-0.3, -0.25) is 4.79 Å². The molecular weight excluding hydrogens is 302 g/mol. The minimum Gasteiger partial charge on any atom is -0.399 e. The van der Waals surface area contributed by atoms with Gasteiger partial charge in [0.1, 0.15) is 0 Å². The van der Waals surface area contributed by atoms with Crippen LogP contribution in [-0.2, 0) is 14.8 Å². The van der Waals surface area contributed by atoms with Gasteiger partial charge in [0.15, 0.2) is 0 Å². The third-order valence-corrected chi connectivity index (χ3v) is 4.55. The van der Waals surface area contributed by atoms with Crippen molar-refractivity contribution in [2.45, 2.75) is 13.8 Å². The van der Waals surface area contributed by atoms with Crippen LogP contribution in [0.3, 0.4) is 0 Å². The number of amides is 1. The Morgan fingerprint density at radius 2 is 2.00 bits per heavy atom. The summed E-state index contributed by atoms with van der Waals surface area (Å²) >= 11 is 0. The number of carbonyl (C=O) groups excluding carboxylic acids is 1. The first-order valence-electron chi connectivity index (χ1n) is 5.86. The van der Waals surface area contributed by atoms with Crippen molar-refractivity contribution in [3.63, 3.8) is 0 Å². The molecule has 8 heteroatoms. The van der Waals surface area contributed by atoms with E-state index in [4.69, 9.17) is 5.73 Å². The van der Waals surface area contributed by atoms with E-state index in [-0.39, 0.29) is 24.7 Å². The fourth-order valence-corrected chi connectivity index (χ4v) is 2.24. The van der Waals surface area contributed by atoms with E-state index in [0.717, 1.165) is 9.87 Å². The Kier molecular flexibility index (Phi) is 6.98. The number of nitrogen functional groups attached to an aromatic ring is 1. The van der Waals surface area contributed by atoms with Gasteiger partial charge in [-0.15, -0.1) is 12.4 Å². The minimum absolute atomic E-state index is 0. The van der Waals surface area contributed by atoms with Gasteiger partial charge in [0.2, 0.25) is 15.9 Å². The van der Waals surface area contributed by atoms with Crippen molar-refractivity contribution in [1.82, 2.24) is 4.31 Å². The predicted molar refractivity (Wildman–Crippen MR) is 83.6 cm³/mol. The molecule has 0 spiro atoms. The summed E-state index contributed by atoms with van der Waals surface area (Å²) in [5.41, 5.74) is 7.63. The van der Waals surface area contributed by atoms with Gasteiger partial charge in [-0.25, -0.2) is 8.42 Å². The number of likely N-dealkylation sites (N-methyl/N-ethyl adjacent to an activating group) is 1. The highest BCUT2D eigenvalue weighted by molar-refractivity contribution is 7.89. The maximum Gasteiger partial charge on any atom is 0.239 e. The van der Waals surface area contributed by atoms with Gasteiger partial charge in [-0.05, 0) is 31.5 Å². The monoisotopic (exact) mass is 321 g/mol. The number of rotatable bonds is 5. The lowest BCUT2D eigenvalue weighted by Gasteiger charge is -2.16. The van der Waals surface area contributed by atoms with E-state index < -0.39 is 15.9 Å². The van der Waals surface area contributed by atoms with E-state index in [0.29, 0.717) is 11.4 Å². The van der Waals surface area contributed by atoms with Crippen LogP contribution >= 0.6 is 12.4 Å². The summed E-state index contributed by atoms with van der Waals surface area (Å²) in [6.07, 6.45) is 0. The normalized spacial score (nSPS) is 11.0. The van der Waals surface area contributed by atoms with Crippen LogP contribution in [0.15, 0.2) is 18.2 Å². The van der Waals surface area contributed by atoms with E-state index in [1.165, 1.54) is 14.0 Å². The molecule has 0 aliphatic rings. The predicted octanol–water partition coefficient (Wildman–Crippen LogP) is 1.22. The Labute approximate surface area is 125 Å². The molecule has 114 valence electrons. The van der Waals surface area contributed by atoms with Gasteiger partial charge in [0.25, 0.3) is 0 Å². The molecule has 0 aliphatic carbocycles. The average molecular weight is 322 g/mol. The van der Waals surface area contributed by atoms with Crippen LogP contribution in [0.1, 0.15) is 12.5 Å². The number of nitrogens with two attached hydrogens (primary N) is 1. The fraction of sp³-hybridized carbons (Fsp3) is 0.417. The van der Waals surface area contributed by atoms with Gasteiger partial charge in [0.05, 0.1) is 12.3 Å². The van der Waals surface area contributed by atoms with Crippen LogP contribution in [0, 0.1) is 6.92 Å². The average Bonchev–Trinajstić information content (AvgIpc) is 2.33. The van der Waals surface area contributed by atoms with Gasteiger partial charge in [0, 0.05) is 18.4 Å². The zero-order valence-electron chi connectivity index (χ0n) is 11.7. The van der Waals surface area contributed by atoms with E-state index >= 15 is 0 Å². The standard InChI is InChI=1S/C12H19N3O3S.ClH/c1-4-19(17,18)15(3)8-12(16)14-11-7-10(13)6-5-9(11)2;/h5-7H,4,8,13H2,1-3H3,(H,14,16);1H. The summed E-state index contributed by atoms with van der Waals surface area (Å²) in [7, 11) is -1.98. The second-order valence-corrected chi connectivity index (χ2v) is 6.64. The minimum atomic E-state index is -3.36. The quantitative estimate of drug-likeness (QED) is 0.797. The Bertz CT molecular complexity index is 575. The zero-order valence-corrected chi connectivity index (χ0v) is 13.3. The Hall–Kier alpha value is -1.31. The number of nitrogens with one attached hydrogen (secondary N) is 1. The second-order valence-electron chi connectivity index (χ2n) is 4.28. The molecule has 20 heavy (non-hydrogen) atoms. The number of carbonyl (C=O) groups is 1. The van der Waals surface area contributed by atoms with Crippen molar-refractivity contribution < 1.29 is 13.2 Å². The first-order chi connectivity index (χ1) is 8.76. The van der Waals surface area contributed by atoms with Crippen molar-refractivity contribution in [3.05, 3.63) is 23.8 Å². The topological polar surface area (TPSA) is 92.5 Å². The van der Waals surface area contributed by atoms with Crippen LogP contribution < -0.4 is 11.1 Å². The molecular formula is C12H20ClN3O3S. The summed E-state index contributed by atoms with van der Waals surface area (Å²) in [4.78, 5) is 11.8. The number of benzene rings is 1. The first kappa shape index (κ1) is 18.7. The van der Waals surface area contributed by atoms with Crippen LogP contribution in [0.25, 0.3) is 0 Å². The molecule has 0 unspecified atom stereocenters. The summed E-state index contributed by atoms with van der Waals surface area (Å²) < 4.78 is 24.1. The van der Waals surface area contributed by atoms with Crippen LogP contribution in [0.4, 0.5) is 11.4 Å². The van der Waals surface area contributed by atoms with E-state index in [1.54, 1.807) is 18.2 Å². The number of halogens is 1. The molecule has 3 N–H and O–H groups in total. The number of sulfonamides is 1. The molecule has 0 saturated carbocycles. The van der Waals surface area contributed by atoms with Gasteiger partial charge in [-0.1, -0.05) is 6.07 Å². The molecule has 0 saturated heterocycles. The summed E-state index contributed by atoms with van der Waals surface area (Å²) in [6.45, 7) is 3.15. The second kappa shape index (κ2) is 7.47. The first-order valence-corrected chi connectivity index (χ1v) is 7.47. The fourth-order valence-electron chi connectivity index (χ4n) is 1.48. The molecule has 1 aromatic rings. The highest BCUT2D eigenvalue weighted by Gasteiger charge is 2.18. The smallest absolute Gasteiger partial charge is 0.239 e. The van der Waals surface area contributed by atoms with E-state index in [2.05, 4.69) is 5.32 Å². The molecule has 0 aliphatic heterocycles. The Balaban J connectivity index is 0.00000361. The number of anilines is 2. The molecule has 0 fully saturated rings. The van der Waals surface area contributed by atoms with Crippen LogP contribution in [-0.4, -0.2) is 38.0 Å². The number of hydrogen-bond acceptors (Lipinski definition) is 4. The molecule has 0 bridgehead atoms. The van der Waals surface area contributed by atoms with Crippen molar-refractivity contribution >= 4 is 39.7 Å². The van der Waals surface area contributed by atoms with Crippen molar-refractivity contribution in [2.24, 2.45) is 0 Å². The number of aryl methyl sites for hydroxylation is 1. The summed E-state index contributed by atoms with van der Waals surface area (Å²) in [5.74, 6) is -0.429. The Morgan fingerprint density at radius 3 is 2.55 bits per heavy atom. The van der Waals surface area contributed by atoms with Crippen LogP contribution in [0.2, 0.25) is 0 Å². The van der Waals surface area contributed by atoms with Gasteiger partial charge >= 0.3 is 0 Å². The Morgan fingerprint density at radius 1 is 1.40 bits per heavy atom. The summed E-state index contributed by atoms with van der Waals surface area (Å²) in [5, 5.41) is 2.65. The van der Waals surface area contributed by atoms with E-state index in [1.807, 2.05) is 6.92 Å². The van der Waals surface area contributed by atoms with Crippen molar-refractivity contribution in [3.8, 4) is 0 Å². The zero-order chi connectivity index (χ0) is 14.6. The molecule has 0 aromatic heterocycles. The van der Waals surface area contributed by atoms with Gasteiger partial charge < -0.3 is 11.1 Å². The van der Waals surface area contributed by atoms with Gasteiger partial charge in [-0.2, -0.15) is 4.31 Å². The largest absolute Gasteiger partial charge is 0.399 e. The molecule has 6 nitrogen and oxygen atoms in total. The van der Waals surface area contributed by atoms with Crippen molar-refractivity contribution in [2.75, 3.05) is 30.4 Å². The highest BCUT2D eigenvalue weighted by atomic mass is 35.5. The SMILES string of the molecule is CCS(=O)(=O)N(C)CC(=O)Nc1cc(N)ccc1C.Cl. The maximum atomic E-state index is 11.8. The molecule has 1 amide bonds. The van der Waals surface area contributed by atoms with Crippen molar-refractivity contribution in [1.29, 1.82) is 0 Å². The molecule has 0 radical (unpaired) electrons. The van der Waals surface area contributed by atoms with Crippen LogP contribution in [0.5, 0.6) is 0 Å². The maximum absolute atomic E-state index is 11.8. The molecule has 0 atom stereocenters. The number of nitrogens with zero attached hydrogens (tertiary/aromatic N) is 1.